The topological polar surface area (TPSA) is 75.9 Å². The van der Waals surface area contributed by atoms with Gasteiger partial charge in [-0.25, -0.2) is 4.39 Å². The second-order valence-corrected chi connectivity index (χ2v) is 5.90. The van der Waals surface area contributed by atoms with E-state index in [2.05, 4.69) is 0 Å². The first-order chi connectivity index (χ1) is 12.5. The molecule has 26 heavy (non-hydrogen) atoms. The van der Waals surface area contributed by atoms with Crippen molar-refractivity contribution in [2.24, 2.45) is 0 Å². The lowest BCUT2D eigenvalue weighted by Crippen LogP contribution is -2.49. The summed E-state index contributed by atoms with van der Waals surface area (Å²) in [4.78, 5) is 26.6. The minimum absolute atomic E-state index is 0.110. The van der Waals surface area contributed by atoms with Crippen LogP contribution in [0.1, 0.15) is 10.4 Å². The van der Waals surface area contributed by atoms with Gasteiger partial charge in [0.25, 0.3) is 11.6 Å². The van der Waals surface area contributed by atoms with Crippen LogP contribution < -0.4 is 9.64 Å². The number of hydrogen-bond donors (Lipinski definition) is 0. The number of methoxy groups -OCH3 is 1. The van der Waals surface area contributed by atoms with Gasteiger partial charge in [-0.2, -0.15) is 0 Å². The molecule has 7 nitrogen and oxygen atoms in total. The number of anilines is 1. The van der Waals surface area contributed by atoms with Crippen molar-refractivity contribution >= 4 is 17.3 Å². The zero-order valence-corrected chi connectivity index (χ0v) is 14.2. The largest absolute Gasteiger partial charge is 0.497 e. The van der Waals surface area contributed by atoms with E-state index in [0.717, 1.165) is 6.07 Å². The normalized spacial score (nSPS) is 14.2. The van der Waals surface area contributed by atoms with E-state index in [0.29, 0.717) is 37.5 Å². The van der Waals surface area contributed by atoms with Gasteiger partial charge in [0.2, 0.25) is 0 Å². The molecule has 0 bridgehead atoms. The lowest BCUT2D eigenvalue weighted by atomic mass is 10.1. The SMILES string of the molecule is COc1ccc(C(=O)N2CCN(c3cc(F)ccc3[N+](=O)[O-])CC2)cc1. The maximum Gasteiger partial charge on any atom is 0.292 e. The molecule has 1 aliphatic heterocycles. The third kappa shape index (κ3) is 3.58. The zero-order chi connectivity index (χ0) is 18.7. The molecule has 0 atom stereocenters. The molecule has 3 rings (SSSR count). The second-order valence-electron chi connectivity index (χ2n) is 5.90. The van der Waals surface area contributed by atoms with Crippen LogP contribution in [0.3, 0.4) is 0 Å². The van der Waals surface area contributed by atoms with Crippen molar-refractivity contribution in [3.8, 4) is 5.75 Å². The molecule has 8 heteroatoms. The second kappa shape index (κ2) is 7.38. The molecule has 1 saturated heterocycles. The summed E-state index contributed by atoms with van der Waals surface area (Å²) in [5.74, 6) is 0.0353. The number of carbonyl (C=O) groups excluding carboxylic acids is 1. The molecule has 0 radical (unpaired) electrons. The Morgan fingerprint density at radius 2 is 1.77 bits per heavy atom. The van der Waals surface area contributed by atoms with E-state index in [4.69, 9.17) is 4.74 Å². The summed E-state index contributed by atoms with van der Waals surface area (Å²) in [5, 5.41) is 11.2. The summed E-state index contributed by atoms with van der Waals surface area (Å²) in [6.07, 6.45) is 0. The van der Waals surface area contributed by atoms with E-state index in [-0.39, 0.29) is 17.3 Å². The van der Waals surface area contributed by atoms with Crippen molar-refractivity contribution in [2.45, 2.75) is 0 Å². The van der Waals surface area contributed by atoms with Gasteiger partial charge in [-0.1, -0.05) is 0 Å². The summed E-state index contributed by atoms with van der Waals surface area (Å²) in [6.45, 7) is 1.59. The molecule has 136 valence electrons. The molecule has 1 fully saturated rings. The number of ether oxygens (including phenoxy) is 1. The van der Waals surface area contributed by atoms with E-state index >= 15 is 0 Å². The van der Waals surface area contributed by atoms with Gasteiger partial charge in [0, 0.05) is 43.9 Å². The van der Waals surface area contributed by atoms with Crippen LogP contribution in [-0.4, -0.2) is 49.0 Å². The smallest absolute Gasteiger partial charge is 0.292 e. The molecule has 1 amide bonds. The van der Waals surface area contributed by atoms with Crippen molar-refractivity contribution in [3.05, 3.63) is 64.0 Å². The van der Waals surface area contributed by atoms with Crippen LogP contribution >= 0.6 is 0 Å². The van der Waals surface area contributed by atoms with E-state index in [9.17, 15) is 19.3 Å². The Morgan fingerprint density at radius 1 is 1.12 bits per heavy atom. The van der Waals surface area contributed by atoms with Gasteiger partial charge in [-0.05, 0) is 30.3 Å². The van der Waals surface area contributed by atoms with Crippen molar-refractivity contribution in [2.75, 3.05) is 38.2 Å². The lowest BCUT2D eigenvalue weighted by molar-refractivity contribution is -0.384. The molecule has 0 aromatic heterocycles. The minimum atomic E-state index is -0.526. The first-order valence-corrected chi connectivity index (χ1v) is 8.12. The number of nitro benzene ring substituents is 1. The van der Waals surface area contributed by atoms with E-state index in [1.165, 1.54) is 12.1 Å². The molecule has 0 unspecified atom stereocenters. The third-order valence-corrected chi connectivity index (χ3v) is 4.38. The van der Waals surface area contributed by atoms with Crippen LogP contribution in [0.5, 0.6) is 5.75 Å². The predicted molar refractivity (Wildman–Crippen MR) is 94.2 cm³/mol. The first kappa shape index (κ1) is 17.7. The summed E-state index contributed by atoms with van der Waals surface area (Å²) in [5.41, 5.74) is 0.656. The van der Waals surface area contributed by atoms with Gasteiger partial charge in [0.1, 0.15) is 17.3 Å². The molecule has 0 aliphatic carbocycles. The highest BCUT2D eigenvalue weighted by Crippen LogP contribution is 2.29. The molecular formula is C18H18FN3O4. The molecule has 2 aromatic rings. The Morgan fingerprint density at radius 3 is 2.35 bits per heavy atom. The van der Waals surface area contributed by atoms with E-state index in [1.807, 2.05) is 0 Å². The molecule has 0 saturated carbocycles. The van der Waals surface area contributed by atoms with Gasteiger partial charge in [0.15, 0.2) is 0 Å². The highest BCUT2D eigenvalue weighted by molar-refractivity contribution is 5.94. The number of piperazine rings is 1. The number of hydrogen-bond acceptors (Lipinski definition) is 5. The fourth-order valence-electron chi connectivity index (χ4n) is 2.97. The van der Waals surface area contributed by atoms with Crippen LogP contribution in [0.4, 0.5) is 15.8 Å². The summed E-state index contributed by atoms with van der Waals surface area (Å²) in [6, 6.07) is 10.2. The van der Waals surface area contributed by atoms with Crippen molar-refractivity contribution in [1.82, 2.24) is 4.90 Å². The zero-order valence-electron chi connectivity index (χ0n) is 14.2. The predicted octanol–water partition coefficient (Wildman–Crippen LogP) is 2.70. The van der Waals surface area contributed by atoms with Crippen LogP contribution in [0, 0.1) is 15.9 Å². The number of carbonyl (C=O) groups is 1. The quantitative estimate of drug-likeness (QED) is 0.620. The standard InChI is InChI=1S/C18H18FN3O4/c1-26-15-5-2-13(3-6-15)18(23)21-10-8-20(9-11-21)17-12-14(19)4-7-16(17)22(24)25/h2-7,12H,8-11H2,1H3. The number of rotatable bonds is 4. The Kier molecular flexibility index (Phi) is 5.01. The van der Waals surface area contributed by atoms with Crippen LogP contribution in [0.15, 0.2) is 42.5 Å². The van der Waals surface area contributed by atoms with Gasteiger partial charge in [0.05, 0.1) is 12.0 Å². The van der Waals surface area contributed by atoms with E-state index < -0.39 is 10.7 Å². The van der Waals surface area contributed by atoms with Gasteiger partial charge in [-0.3, -0.25) is 14.9 Å². The molecule has 2 aromatic carbocycles. The summed E-state index contributed by atoms with van der Waals surface area (Å²) < 4.78 is 18.6. The van der Waals surface area contributed by atoms with Crippen molar-refractivity contribution in [1.29, 1.82) is 0 Å². The Hall–Kier alpha value is -3.16. The van der Waals surface area contributed by atoms with Gasteiger partial charge < -0.3 is 14.5 Å². The average Bonchev–Trinajstić information content (AvgIpc) is 2.67. The number of nitrogens with zero attached hydrogens (tertiary/aromatic N) is 3. The average molecular weight is 359 g/mol. The Labute approximate surface area is 149 Å². The van der Waals surface area contributed by atoms with Gasteiger partial charge in [-0.15, -0.1) is 0 Å². The third-order valence-electron chi connectivity index (χ3n) is 4.38. The highest BCUT2D eigenvalue weighted by Gasteiger charge is 2.26. The van der Waals surface area contributed by atoms with Gasteiger partial charge >= 0.3 is 0 Å². The van der Waals surface area contributed by atoms with Crippen molar-refractivity contribution in [3.63, 3.8) is 0 Å². The minimum Gasteiger partial charge on any atom is -0.497 e. The first-order valence-electron chi connectivity index (χ1n) is 8.12. The molecular weight excluding hydrogens is 341 g/mol. The number of halogens is 1. The fraction of sp³-hybridized carbons (Fsp3) is 0.278. The van der Waals surface area contributed by atoms with Crippen LogP contribution in [0.2, 0.25) is 0 Å². The van der Waals surface area contributed by atoms with Crippen LogP contribution in [-0.2, 0) is 0 Å². The van der Waals surface area contributed by atoms with Crippen molar-refractivity contribution < 1.29 is 18.8 Å². The lowest BCUT2D eigenvalue weighted by Gasteiger charge is -2.35. The number of nitro groups is 1. The fourth-order valence-corrected chi connectivity index (χ4v) is 2.97. The maximum absolute atomic E-state index is 13.5. The van der Waals surface area contributed by atoms with E-state index in [1.54, 1.807) is 41.2 Å². The molecule has 1 heterocycles. The molecule has 1 aliphatic rings. The summed E-state index contributed by atoms with van der Waals surface area (Å²) >= 11 is 0. The summed E-state index contributed by atoms with van der Waals surface area (Å²) in [7, 11) is 1.56. The molecule has 0 spiro atoms. The molecule has 0 N–H and O–H groups in total. The number of amides is 1. The highest BCUT2D eigenvalue weighted by atomic mass is 19.1. The Balaban J connectivity index is 1.70. The maximum atomic E-state index is 13.5. The Bertz CT molecular complexity index is 818. The van der Waals surface area contributed by atoms with Crippen LogP contribution in [0.25, 0.3) is 0 Å². The number of benzene rings is 2. The monoisotopic (exact) mass is 359 g/mol.